The summed E-state index contributed by atoms with van der Waals surface area (Å²) in [7, 11) is -31.9. The van der Waals surface area contributed by atoms with E-state index in [2.05, 4.69) is 10.2 Å². The van der Waals surface area contributed by atoms with Crippen LogP contribution in [-0.4, -0.2) is 111 Å². The van der Waals surface area contributed by atoms with Gasteiger partial charge in [0.25, 0.3) is 60.7 Å². The molecule has 0 radical (unpaired) electrons. The van der Waals surface area contributed by atoms with Crippen molar-refractivity contribution in [2.24, 2.45) is 10.2 Å². The minimum Gasteiger partial charge on any atom is -0.507 e. The number of anilines is 2. The third-order valence-corrected chi connectivity index (χ3v) is 13.5. The highest BCUT2D eigenvalue weighted by Gasteiger charge is 2.38. The molecule has 0 spiro atoms. The lowest BCUT2D eigenvalue weighted by Crippen LogP contribution is -2.29. The molecule has 0 atom stereocenters. The number of hydrogen-bond acceptors (Lipinski definition) is 20. The number of aromatic hydroxyl groups is 2. The number of hydrogen-bond donors (Lipinski definition) is 10. The first kappa shape index (κ1) is 45.5. The average molecular weight is 981 g/mol. The molecular formula is C30H20N4O22S6. The average Bonchev–Trinajstić information content (AvgIpc) is 3.10. The van der Waals surface area contributed by atoms with Crippen LogP contribution in [0, 0.1) is 0 Å². The van der Waals surface area contributed by atoms with Crippen molar-refractivity contribution in [1.29, 1.82) is 0 Å². The van der Waals surface area contributed by atoms with Crippen LogP contribution in [0.4, 0.5) is 11.4 Å². The third kappa shape index (κ3) is 8.69. The highest BCUT2D eigenvalue weighted by molar-refractivity contribution is 7.91. The van der Waals surface area contributed by atoms with Crippen molar-refractivity contribution in [2.75, 3.05) is 10.9 Å². The van der Waals surface area contributed by atoms with Gasteiger partial charge in [-0.1, -0.05) is 0 Å². The van der Waals surface area contributed by atoms with E-state index in [-0.39, 0.29) is 0 Å². The van der Waals surface area contributed by atoms with Gasteiger partial charge in [0.15, 0.2) is 11.4 Å². The van der Waals surface area contributed by atoms with E-state index in [0.717, 1.165) is 0 Å². The third-order valence-electron chi connectivity index (χ3n) is 8.49. The normalized spacial score (nSPS) is 16.5. The second-order valence-corrected chi connectivity index (χ2v) is 21.0. The second kappa shape index (κ2) is 14.8. The van der Waals surface area contributed by atoms with Crippen LogP contribution in [0.15, 0.2) is 88.1 Å². The van der Waals surface area contributed by atoms with Crippen LogP contribution >= 0.6 is 0 Å². The Morgan fingerprint density at radius 3 is 1.23 bits per heavy atom. The zero-order chi connectivity index (χ0) is 46.4. The minimum atomic E-state index is -5.62. The molecule has 10 N–H and O–H groups in total. The van der Waals surface area contributed by atoms with Crippen LogP contribution < -0.4 is 10.9 Å². The number of phenols is 2. The maximum absolute atomic E-state index is 14.2. The molecule has 26 nitrogen and oxygen atoms in total. The number of nitrogens with zero attached hydrogens (tertiary/aromatic N) is 2. The summed E-state index contributed by atoms with van der Waals surface area (Å²) in [5.41, 5.74) is -3.72. The molecule has 62 heavy (non-hydrogen) atoms. The molecule has 4 aromatic carbocycles. The molecule has 2 aliphatic rings. The standard InChI is InChI=1S/C30H20N4O22S6/c35-20-9-16(59(45,46)47)2-11-1-14(57(39,40)41)7-18(24(11)20)31-33-27-22(61(51,52)53)5-12-3-15(58(42,43)44)8-19(25(12)29(27)37)32-34-28-23(62(54,55)56)6-13-4-17(60(48,49)50)10-21(36)26(13)30(28)38/h1-10,31-32,35-36H,(H,39,40,41)(H,42,43,44)(H,45,46,47)(H,48,49,50)(H,51,52,53)(H,54,55,56)/b33-27-,34-28-. The number of carbonyl (C=O) groups is 2. The predicted octanol–water partition coefficient (Wildman–Crippen LogP) is 1.02. The Balaban J connectivity index is 1.57. The lowest BCUT2D eigenvalue weighted by Gasteiger charge is -2.21. The van der Waals surface area contributed by atoms with Crippen molar-refractivity contribution in [3.8, 4) is 11.5 Å². The molecule has 0 heterocycles. The molecule has 4 aromatic rings. The van der Waals surface area contributed by atoms with Crippen molar-refractivity contribution < 1.29 is 97.6 Å². The van der Waals surface area contributed by atoms with Crippen molar-refractivity contribution in [3.05, 3.63) is 80.6 Å². The van der Waals surface area contributed by atoms with Crippen molar-refractivity contribution >= 4 is 118 Å². The summed E-state index contributed by atoms with van der Waals surface area (Å²) in [6.07, 6.45) is 0.800. The minimum absolute atomic E-state index is 0.377. The fourth-order valence-corrected chi connectivity index (χ4v) is 9.39. The Morgan fingerprint density at radius 2 is 0.774 bits per heavy atom. The van der Waals surface area contributed by atoms with Crippen molar-refractivity contribution in [2.45, 2.75) is 19.6 Å². The highest BCUT2D eigenvalue weighted by atomic mass is 32.2. The van der Waals surface area contributed by atoms with Gasteiger partial charge in [0.05, 0.1) is 42.1 Å². The lowest BCUT2D eigenvalue weighted by atomic mass is 9.93. The van der Waals surface area contributed by atoms with Crippen molar-refractivity contribution in [1.82, 2.24) is 0 Å². The summed E-state index contributed by atoms with van der Waals surface area (Å²) in [6.45, 7) is 0. The first-order valence-electron chi connectivity index (χ1n) is 15.6. The zero-order valence-electron chi connectivity index (χ0n) is 29.4. The monoisotopic (exact) mass is 980 g/mol. The first-order valence-corrected chi connectivity index (χ1v) is 24.2. The van der Waals surface area contributed by atoms with Gasteiger partial charge in [-0.05, 0) is 65.1 Å². The number of carbonyl (C=O) groups excluding carboxylic acids is 2. The predicted molar refractivity (Wildman–Crippen MR) is 209 cm³/mol. The van der Waals surface area contributed by atoms with Gasteiger partial charge in [0.1, 0.15) is 21.3 Å². The number of ketones is 2. The van der Waals surface area contributed by atoms with Gasteiger partial charge in [-0.25, -0.2) is 0 Å². The Hall–Kier alpha value is -6.04. The Labute approximate surface area is 346 Å². The van der Waals surface area contributed by atoms with Crippen LogP contribution in [0.5, 0.6) is 11.5 Å². The van der Waals surface area contributed by atoms with E-state index in [1.807, 2.05) is 10.9 Å². The van der Waals surface area contributed by atoms with Crippen LogP contribution in [0.25, 0.3) is 22.9 Å². The number of hydrazone groups is 2. The van der Waals surface area contributed by atoms with E-state index in [1.54, 1.807) is 0 Å². The van der Waals surface area contributed by atoms with E-state index in [0.29, 0.717) is 60.7 Å². The summed E-state index contributed by atoms with van der Waals surface area (Å²) in [6, 6.07) is 4.03. The number of nitrogens with one attached hydrogen (secondary N) is 2. The molecule has 0 bridgehead atoms. The zero-order valence-corrected chi connectivity index (χ0v) is 34.3. The quantitative estimate of drug-likeness (QED) is 0.0783. The number of phenolic OH excluding ortho intramolecular Hbond substituents is 2. The number of allylic oxidation sites excluding steroid dienone is 2. The molecule has 2 aliphatic carbocycles. The van der Waals surface area contributed by atoms with E-state index in [4.69, 9.17) is 0 Å². The van der Waals surface area contributed by atoms with Crippen molar-refractivity contribution in [3.63, 3.8) is 0 Å². The molecule has 32 heteroatoms. The number of fused-ring (bicyclic) bond motifs is 3. The molecule has 0 aliphatic heterocycles. The van der Waals surface area contributed by atoms with E-state index in [9.17, 15) is 97.6 Å². The second-order valence-electron chi connectivity index (χ2n) is 12.5. The van der Waals surface area contributed by atoms with Crippen LogP contribution in [0.2, 0.25) is 0 Å². The molecular weight excluding hydrogens is 961 g/mol. The SMILES string of the molecule is O=C1/C(=N\Nc2cc(S(=O)(=O)O)cc3c2C(=O)/C(=N\Nc2cc(S(=O)(=O)O)cc4cc(S(=O)(=O)O)cc(O)c24)C(S(=O)(=O)O)=C3)C(S(=O)(=O)O)=Cc2cc(S(=O)(=O)O)cc(O)c21. The van der Waals surface area contributed by atoms with Gasteiger partial charge < -0.3 is 10.2 Å². The molecule has 6 rings (SSSR count). The molecule has 0 saturated heterocycles. The summed E-state index contributed by atoms with van der Waals surface area (Å²) < 4.78 is 204. The van der Waals surface area contributed by atoms with Gasteiger partial charge in [-0.2, -0.15) is 60.7 Å². The van der Waals surface area contributed by atoms with Gasteiger partial charge in [-0.3, -0.25) is 47.8 Å². The van der Waals surface area contributed by atoms with Gasteiger partial charge in [-0.15, -0.1) is 0 Å². The fraction of sp³-hybridized carbons (Fsp3) is 0. The summed E-state index contributed by atoms with van der Waals surface area (Å²) in [5, 5.41) is 27.2. The van der Waals surface area contributed by atoms with E-state index < -0.39 is 169 Å². The number of benzene rings is 4. The van der Waals surface area contributed by atoms with E-state index in [1.165, 1.54) is 0 Å². The molecule has 0 aromatic heterocycles. The Morgan fingerprint density at radius 1 is 0.419 bits per heavy atom. The van der Waals surface area contributed by atoms with Gasteiger partial charge in [0, 0.05) is 17.5 Å². The molecule has 0 fully saturated rings. The fourth-order valence-electron chi connectivity index (χ4n) is 5.92. The van der Waals surface area contributed by atoms with Gasteiger partial charge in [0.2, 0.25) is 11.6 Å². The number of rotatable bonds is 10. The lowest BCUT2D eigenvalue weighted by molar-refractivity contribution is 0.105. The maximum atomic E-state index is 14.2. The topological polar surface area (TPSA) is 450 Å². The Kier molecular flexibility index (Phi) is 10.9. The Bertz CT molecular complexity index is 3610. The molecule has 0 unspecified atom stereocenters. The summed E-state index contributed by atoms with van der Waals surface area (Å²) in [4.78, 5) is 20.6. The molecule has 0 saturated carbocycles. The highest BCUT2D eigenvalue weighted by Crippen LogP contribution is 2.39. The largest absolute Gasteiger partial charge is 0.507 e. The summed E-state index contributed by atoms with van der Waals surface area (Å²) >= 11 is 0. The molecule has 328 valence electrons. The van der Waals surface area contributed by atoms with Crippen LogP contribution in [-0.2, 0) is 60.7 Å². The summed E-state index contributed by atoms with van der Waals surface area (Å²) in [5.74, 6) is -5.46. The smallest absolute Gasteiger partial charge is 0.296 e. The number of Topliss-reactive ketones (excluding diaryl/α,β-unsaturated/α-hetero) is 2. The van der Waals surface area contributed by atoms with Crippen LogP contribution in [0.3, 0.4) is 0 Å². The first-order chi connectivity index (χ1) is 28.2. The van der Waals surface area contributed by atoms with Gasteiger partial charge >= 0.3 is 0 Å². The molecule has 0 amide bonds. The van der Waals surface area contributed by atoms with E-state index >= 15 is 0 Å². The van der Waals surface area contributed by atoms with Crippen LogP contribution in [0.1, 0.15) is 31.8 Å². The maximum Gasteiger partial charge on any atom is 0.296 e.